The monoisotopic (exact) mass is 338 g/mol. The quantitative estimate of drug-likeness (QED) is 0.710. The van der Waals surface area contributed by atoms with Crippen LogP contribution in [0.15, 0.2) is 28.0 Å². The van der Waals surface area contributed by atoms with Crippen LogP contribution in [0.2, 0.25) is 0 Å². The lowest BCUT2D eigenvalue weighted by Gasteiger charge is -2.14. The summed E-state index contributed by atoms with van der Waals surface area (Å²) >= 11 is 0. The highest BCUT2D eigenvalue weighted by atomic mass is 32.2. The van der Waals surface area contributed by atoms with E-state index in [-0.39, 0.29) is 4.90 Å². The minimum absolute atomic E-state index is 0.251. The fourth-order valence-electron chi connectivity index (χ4n) is 1.73. The van der Waals surface area contributed by atoms with E-state index in [2.05, 4.69) is 4.72 Å². The van der Waals surface area contributed by atoms with E-state index >= 15 is 0 Å². The zero-order valence-electron chi connectivity index (χ0n) is 11.8. The van der Waals surface area contributed by atoms with Crippen molar-refractivity contribution >= 4 is 19.9 Å². The van der Waals surface area contributed by atoms with E-state index in [0.717, 1.165) is 24.5 Å². The predicted octanol–water partition coefficient (Wildman–Crippen LogP) is 0.635. The molecule has 0 aliphatic rings. The van der Waals surface area contributed by atoms with Gasteiger partial charge in [0.15, 0.2) is 9.84 Å². The summed E-state index contributed by atoms with van der Waals surface area (Å²) in [4.78, 5) is -0.927. The van der Waals surface area contributed by atoms with Crippen LogP contribution in [0, 0.1) is 5.82 Å². The Hall–Kier alpha value is -1.03. The van der Waals surface area contributed by atoms with Crippen LogP contribution in [0.1, 0.15) is 19.8 Å². The summed E-state index contributed by atoms with van der Waals surface area (Å²) < 4.78 is 63.2. The summed E-state index contributed by atoms with van der Waals surface area (Å²) in [5.41, 5.74) is 5.34. The van der Waals surface area contributed by atoms with Gasteiger partial charge in [0.25, 0.3) is 0 Å². The molecule has 9 heteroatoms. The number of halogens is 1. The highest BCUT2D eigenvalue weighted by Gasteiger charge is 2.23. The molecular formula is C12H19FN2O4S2. The van der Waals surface area contributed by atoms with Crippen LogP contribution in [0.3, 0.4) is 0 Å². The Morgan fingerprint density at radius 3 is 2.43 bits per heavy atom. The molecule has 0 aliphatic carbocycles. The third kappa shape index (κ3) is 5.03. The molecule has 1 atom stereocenters. The molecular weight excluding hydrogens is 319 g/mol. The van der Waals surface area contributed by atoms with Gasteiger partial charge in [-0.05, 0) is 44.5 Å². The minimum Gasteiger partial charge on any atom is -0.330 e. The van der Waals surface area contributed by atoms with Gasteiger partial charge >= 0.3 is 0 Å². The van der Waals surface area contributed by atoms with Crippen molar-refractivity contribution in [2.75, 3.05) is 12.8 Å². The fraction of sp³-hybridized carbons (Fsp3) is 0.500. The van der Waals surface area contributed by atoms with Gasteiger partial charge in [-0.25, -0.2) is 25.9 Å². The van der Waals surface area contributed by atoms with Gasteiger partial charge in [-0.1, -0.05) is 0 Å². The maximum atomic E-state index is 13.7. The maximum Gasteiger partial charge on any atom is 0.243 e. The smallest absolute Gasteiger partial charge is 0.243 e. The van der Waals surface area contributed by atoms with Crippen LogP contribution in [0.4, 0.5) is 4.39 Å². The zero-order valence-corrected chi connectivity index (χ0v) is 13.5. The van der Waals surface area contributed by atoms with Crippen LogP contribution < -0.4 is 10.5 Å². The molecule has 120 valence electrons. The summed E-state index contributed by atoms with van der Waals surface area (Å²) in [6, 6.07) is 2.25. The molecule has 1 rings (SSSR count). The summed E-state index contributed by atoms with van der Waals surface area (Å²) in [6.45, 7) is 2.05. The largest absolute Gasteiger partial charge is 0.330 e. The SMILES string of the molecule is CC(CCCN)NS(=O)(=O)c1cc(S(C)(=O)=O)ccc1F. The molecule has 0 amide bonds. The minimum atomic E-state index is -4.13. The first kappa shape index (κ1) is 18.0. The summed E-state index contributed by atoms with van der Waals surface area (Å²) in [5, 5.41) is 0. The lowest BCUT2D eigenvalue weighted by Crippen LogP contribution is -2.33. The Kier molecular flexibility index (Phi) is 5.85. The molecule has 21 heavy (non-hydrogen) atoms. The average molecular weight is 338 g/mol. The Balaban J connectivity index is 3.14. The van der Waals surface area contributed by atoms with E-state index in [1.807, 2.05) is 0 Å². The van der Waals surface area contributed by atoms with E-state index in [4.69, 9.17) is 5.73 Å². The Labute approximate surface area is 124 Å². The van der Waals surface area contributed by atoms with Crippen molar-refractivity contribution in [2.24, 2.45) is 5.73 Å². The first-order valence-corrected chi connectivity index (χ1v) is 9.67. The number of sulfonamides is 1. The molecule has 0 saturated heterocycles. The molecule has 0 saturated carbocycles. The Morgan fingerprint density at radius 1 is 1.29 bits per heavy atom. The topological polar surface area (TPSA) is 106 Å². The maximum absolute atomic E-state index is 13.7. The van der Waals surface area contributed by atoms with Gasteiger partial charge in [-0.3, -0.25) is 0 Å². The van der Waals surface area contributed by atoms with Gasteiger partial charge in [0, 0.05) is 12.3 Å². The number of sulfone groups is 1. The summed E-state index contributed by atoms with van der Waals surface area (Å²) in [6.07, 6.45) is 2.05. The van der Waals surface area contributed by atoms with Gasteiger partial charge in [0.1, 0.15) is 10.7 Å². The fourth-order valence-corrected chi connectivity index (χ4v) is 3.83. The molecule has 3 N–H and O–H groups in total. The Bertz CT molecular complexity index is 702. The summed E-state index contributed by atoms with van der Waals surface area (Å²) in [7, 11) is -7.75. The number of hydrogen-bond acceptors (Lipinski definition) is 5. The molecule has 0 fully saturated rings. The second-order valence-corrected chi connectivity index (χ2v) is 8.52. The molecule has 0 aromatic heterocycles. The lowest BCUT2D eigenvalue weighted by molar-refractivity contribution is 0.526. The normalized spacial score (nSPS) is 14.1. The van der Waals surface area contributed by atoms with E-state index in [9.17, 15) is 21.2 Å². The highest BCUT2D eigenvalue weighted by molar-refractivity contribution is 7.91. The lowest BCUT2D eigenvalue weighted by atomic mass is 10.2. The van der Waals surface area contributed by atoms with Crippen molar-refractivity contribution in [2.45, 2.75) is 35.6 Å². The van der Waals surface area contributed by atoms with E-state index < -0.39 is 36.6 Å². The number of rotatable bonds is 7. The van der Waals surface area contributed by atoms with Crippen molar-refractivity contribution in [3.63, 3.8) is 0 Å². The van der Waals surface area contributed by atoms with Crippen LogP contribution in [-0.4, -0.2) is 35.7 Å². The number of nitrogens with two attached hydrogens (primary N) is 1. The van der Waals surface area contributed by atoms with Gasteiger partial charge < -0.3 is 5.73 Å². The van der Waals surface area contributed by atoms with Crippen molar-refractivity contribution in [1.82, 2.24) is 4.72 Å². The summed E-state index contributed by atoms with van der Waals surface area (Å²) in [5.74, 6) is -0.999. The molecule has 1 aromatic rings. The van der Waals surface area contributed by atoms with Gasteiger partial charge in [-0.2, -0.15) is 0 Å². The molecule has 0 spiro atoms. The first-order chi connectivity index (χ1) is 9.58. The molecule has 0 radical (unpaired) electrons. The average Bonchev–Trinajstić information content (AvgIpc) is 2.34. The second kappa shape index (κ2) is 6.82. The zero-order chi connectivity index (χ0) is 16.3. The van der Waals surface area contributed by atoms with Crippen LogP contribution in [-0.2, 0) is 19.9 Å². The molecule has 0 bridgehead atoms. The van der Waals surface area contributed by atoms with E-state index in [1.165, 1.54) is 0 Å². The third-order valence-corrected chi connectivity index (χ3v) is 5.53. The van der Waals surface area contributed by atoms with Crippen LogP contribution in [0.5, 0.6) is 0 Å². The molecule has 6 nitrogen and oxygen atoms in total. The van der Waals surface area contributed by atoms with Crippen molar-refractivity contribution in [1.29, 1.82) is 0 Å². The van der Waals surface area contributed by atoms with Crippen molar-refractivity contribution in [3.8, 4) is 0 Å². The van der Waals surface area contributed by atoms with Crippen LogP contribution in [0.25, 0.3) is 0 Å². The Morgan fingerprint density at radius 2 is 1.90 bits per heavy atom. The standard InChI is InChI=1S/C12H19FN2O4S2/c1-9(4-3-7-14)15-21(18,19)12-8-10(20(2,16)17)5-6-11(12)13/h5-6,8-9,15H,3-4,7,14H2,1-2H3. The number of benzene rings is 1. The molecule has 0 heterocycles. The van der Waals surface area contributed by atoms with Crippen molar-refractivity contribution < 1.29 is 21.2 Å². The van der Waals surface area contributed by atoms with Crippen LogP contribution >= 0.6 is 0 Å². The first-order valence-electron chi connectivity index (χ1n) is 6.30. The van der Waals surface area contributed by atoms with E-state index in [1.54, 1.807) is 6.92 Å². The third-order valence-electron chi connectivity index (χ3n) is 2.82. The molecule has 1 unspecified atom stereocenters. The highest BCUT2D eigenvalue weighted by Crippen LogP contribution is 2.20. The second-order valence-electron chi connectivity index (χ2n) is 4.82. The van der Waals surface area contributed by atoms with E-state index in [0.29, 0.717) is 19.4 Å². The van der Waals surface area contributed by atoms with Gasteiger partial charge in [0.2, 0.25) is 10.0 Å². The van der Waals surface area contributed by atoms with Gasteiger partial charge in [-0.15, -0.1) is 0 Å². The van der Waals surface area contributed by atoms with Crippen molar-refractivity contribution in [3.05, 3.63) is 24.0 Å². The van der Waals surface area contributed by atoms with Gasteiger partial charge in [0.05, 0.1) is 4.90 Å². The number of nitrogens with one attached hydrogen (secondary N) is 1. The molecule has 1 aromatic carbocycles. The number of hydrogen-bond donors (Lipinski definition) is 2. The molecule has 0 aliphatic heterocycles. The predicted molar refractivity (Wildman–Crippen MR) is 77.6 cm³/mol.